The summed E-state index contributed by atoms with van der Waals surface area (Å²) in [5.41, 5.74) is 1.34. The predicted octanol–water partition coefficient (Wildman–Crippen LogP) is 4.62. The van der Waals surface area contributed by atoms with Gasteiger partial charge in [-0.05, 0) is 86.4 Å². The van der Waals surface area contributed by atoms with Crippen LogP contribution >= 0.6 is 0 Å². The fourth-order valence-corrected chi connectivity index (χ4v) is 7.33. The van der Waals surface area contributed by atoms with Crippen molar-refractivity contribution in [1.29, 1.82) is 0 Å². The Balaban J connectivity index is 1.66. The third-order valence-electron chi connectivity index (χ3n) is 8.88. The van der Waals surface area contributed by atoms with E-state index in [4.69, 9.17) is 0 Å². The largest absolute Gasteiger partial charge is 0.393 e. The van der Waals surface area contributed by atoms with Crippen molar-refractivity contribution in [2.45, 2.75) is 83.3 Å². The Kier molecular flexibility index (Phi) is 3.82. The van der Waals surface area contributed by atoms with E-state index < -0.39 is 5.60 Å². The minimum Gasteiger partial charge on any atom is -0.393 e. The maximum Gasteiger partial charge on any atom is 0.0738 e. The summed E-state index contributed by atoms with van der Waals surface area (Å²) in [6.45, 7) is 8.72. The van der Waals surface area contributed by atoms with Gasteiger partial charge in [-0.1, -0.05) is 31.6 Å². The minimum absolute atomic E-state index is 0.0538. The summed E-state index contributed by atoms with van der Waals surface area (Å²) in [5.74, 6) is 2.10. The second kappa shape index (κ2) is 5.45. The second-order valence-electron chi connectivity index (χ2n) is 9.68. The van der Waals surface area contributed by atoms with Crippen LogP contribution < -0.4 is 0 Å². The zero-order valence-corrected chi connectivity index (χ0v) is 15.4. The molecule has 4 rings (SSSR count). The Morgan fingerprint density at radius 3 is 2.67 bits per heavy atom. The van der Waals surface area contributed by atoms with Gasteiger partial charge in [0.15, 0.2) is 0 Å². The van der Waals surface area contributed by atoms with E-state index in [-0.39, 0.29) is 11.5 Å². The molecule has 24 heavy (non-hydrogen) atoms. The van der Waals surface area contributed by atoms with Gasteiger partial charge in [-0.15, -0.1) is 6.58 Å². The monoisotopic (exact) mass is 330 g/mol. The molecule has 3 fully saturated rings. The van der Waals surface area contributed by atoms with E-state index in [1.807, 2.05) is 6.08 Å². The highest BCUT2D eigenvalue weighted by Crippen LogP contribution is 2.67. The van der Waals surface area contributed by atoms with Gasteiger partial charge in [0.05, 0.1) is 11.7 Å². The van der Waals surface area contributed by atoms with Crippen molar-refractivity contribution in [2.24, 2.45) is 28.6 Å². The standard InChI is InChI=1S/C22H34O2/c1-4-10-22(24)13-9-19-17-6-5-15-14-16(23)7-11-20(15,2)18(17)8-12-21(19,22)3/h4-5,16-19,23-24H,1,6-14H2,2-3H3/t16-,17+,18-,19-,20-,21-,22-/m0/s1. The number of fused-ring (bicyclic) bond motifs is 5. The molecule has 0 aromatic heterocycles. The lowest BCUT2D eigenvalue weighted by Gasteiger charge is -2.59. The van der Waals surface area contributed by atoms with Crippen molar-refractivity contribution in [3.05, 3.63) is 24.3 Å². The Morgan fingerprint density at radius 2 is 1.92 bits per heavy atom. The zero-order valence-electron chi connectivity index (χ0n) is 15.4. The van der Waals surface area contributed by atoms with Gasteiger partial charge < -0.3 is 10.2 Å². The summed E-state index contributed by atoms with van der Waals surface area (Å²) in [5, 5.41) is 21.4. The van der Waals surface area contributed by atoms with Crippen molar-refractivity contribution in [2.75, 3.05) is 0 Å². The third-order valence-corrected chi connectivity index (χ3v) is 8.88. The first-order valence-corrected chi connectivity index (χ1v) is 10.0. The third kappa shape index (κ3) is 2.08. The molecule has 134 valence electrons. The van der Waals surface area contributed by atoms with Gasteiger partial charge in [0.25, 0.3) is 0 Å². The fourth-order valence-electron chi connectivity index (χ4n) is 7.33. The zero-order chi connectivity index (χ0) is 17.2. The number of rotatable bonds is 2. The molecule has 0 radical (unpaired) electrons. The highest BCUT2D eigenvalue weighted by atomic mass is 16.3. The number of allylic oxidation sites excluding steroid dienone is 1. The maximum absolute atomic E-state index is 11.3. The minimum atomic E-state index is -0.544. The van der Waals surface area contributed by atoms with E-state index in [1.165, 1.54) is 18.4 Å². The molecule has 0 heterocycles. The van der Waals surface area contributed by atoms with E-state index in [2.05, 4.69) is 26.5 Å². The molecule has 0 unspecified atom stereocenters. The van der Waals surface area contributed by atoms with Crippen LogP contribution in [0, 0.1) is 28.6 Å². The van der Waals surface area contributed by atoms with E-state index in [9.17, 15) is 10.2 Å². The molecule has 0 aliphatic heterocycles. The Labute approximate surface area is 147 Å². The van der Waals surface area contributed by atoms with Crippen LogP contribution in [0.25, 0.3) is 0 Å². The van der Waals surface area contributed by atoms with Crippen LogP contribution in [0.1, 0.15) is 71.6 Å². The van der Waals surface area contributed by atoms with Gasteiger partial charge in [0, 0.05) is 0 Å². The molecule has 0 spiro atoms. The van der Waals surface area contributed by atoms with Gasteiger partial charge in [-0.25, -0.2) is 0 Å². The molecule has 0 saturated heterocycles. The molecule has 0 amide bonds. The van der Waals surface area contributed by atoms with E-state index in [0.29, 0.717) is 17.3 Å². The van der Waals surface area contributed by atoms with Crippen molar-refractivity contribution < 1.29 is 10.2 Å². The second-order valence-corrected chi connectivity index (χ2v) is 9.68. The van der Waals surface area contributed by atoms with Crippen LogP contribution in [-0.2, 0) is 0 Å². The Bertz CT molecular complexity index is 566. The number of hydrogen-bond acceptors (Lipinski definition) is 2. The van der Waals surface area contributed by atoms with Crippen LogP contribution in [0.15, 0.2) is 24.3 Å². The SMILES string of the molecule is C=CC[C@]1(O)CC[C@H]2[C@@H]3CC=C4C[C@@H](O)CC[C@]4(C)[C@H]3CC[C@@]21C. The normalized spacial score (nSPS) is 53.6. The number of aliphatic hydroxyl groups is 2. The van der Waals surface area contributed by atoms with E-state index in [0.717, 1.165) is 50.9 Å². The average molecular weight is 331 g/mol. The molecule has 2 nitrogen and oxygen atoms in total. The van der Waals surface area contributed by atoms with Crippen molar-refractivity contribution in [3.8, 4) is 0 Å². The summed E-state index contributed by atoms with van der Waals surface area (Å²) in [7, 11) is 0. The molecular formula is C22H34O2. The van der Waals surface area contributed by atoms with Crippen molar-refractivity contribution in [3.63, 3.8) is 0 Å². The predicted molar refractivity (Wildman–Crippen MR) is 97.5 cm³/mol. The van der Waals surface area contributed by atoms with Gasteiger partial charge in [-0.2, -0.15) is 0 Å². The average Bonchev–Trinajstić information content (AvgIpc) is 2.80. The van der Waals surface area contributed by atoms with Crippen LogP contribution in [0.4, 0.5) is 0 Å². The van der Waals surface area contributed by atoms with Crippen LogP contribution in [0.3, 0.4) is 0 Å². The number of hydrogen-bond donors (Lipinski definition) is 2. The van der Waals surface area contributed by atoms with E-state index >= 15 is 0 Å². The first-order valence-electron chi connectivity index (χ1n) is 10.0. The molecule has 4 aliphatic rings. The summed E-state index contributed by atoms with van der Waals surface area (Å²) in [6, 6.07) is 0. The summed E-state index contributed by atoms with van der Waals surface area (Å²) >= 11 is 0. The smallest absolute Gasteiger partial charge is 0.0738 e. The van der Waals surface area contributed by atoms with Crippen LogP contribution in [-0.4, -0.2) is 21.9 Å². The fraction of sp³-hybridized carbons (Fsp3) is 0.818. The molecule has 2 N–H and O–H groups in total. The highest BCUT2D eigenvalue weighted by molar-refractivity contribution is 5.26. The van der Waals surface area contributed by atoms with E-state index in [1.54, 1.807) is 0 Å². The molecule has 0 aromatic rings. The van der Waals surface area contributed by atoms with Crippen molar-refractivity contribution >= 4 is 0 Å². The van der Waals surface area contributed by atoms with Crippen LogP contribution in [0.2, 0.25) is 0 Å². The quantitative estimate of drug-likeness (QED) is 0.725. The van der Waals surface area contributed by atoms with Gasteiger partial charge in [0.2, 0.25) is 0 Å². The molecule has 0 aromatic carbocycles. The van der Waals surface area contributed by atoms with Gasteiger partial charge >= 0.3 is 0 Å². The van der Waals surface area contributed by atoms with Gasteiger partial charge in [0.1, 0.15) is 0 Å². The molecule has 0 bridgehead atoms. The maximum atomic E-state index is 11.3. The summed E-state index contributed by atoms with van der Waals surface area (Å²) in [4.78, 5) is 0. The Hall–Kier alpha value is -0.600. The lowest BCUT2D eigenvalue weighted by Crippen LogP contribution is -2.54. The molecule has 7 atom stereocenters. The summed E-state index contributed by atoms with van der Waals surface area (Å²) in [6.07, 6.45) is 13.6. The molecule has 2 heteroatoms. The topological polar surface area (TPSA) is 40.5 Å². The Morgan fingerprint density at radius 1 is 1.17 bits per heavy atom. The molecular weight excluding hydrogens is 296 g/mol. The molecule has 4 aliphatic carbocycles. The summed E-state index contributed by atoms with van der Waals surface area (Å²) < 4.78 is 0. The lowest BCUT2D eigenvalue weighted by atomic mass is 9.47. The molecule has 3 saturated carbocycles. The lowest BCUT2D eigenvalue weighted by molar-refractivity contribution is -0.122. The highest BCUT2D eigenvalue weighted by Gasteiger charge is 2.63. The first kappa shape index (κ1) is 16.8. The van der Waals surface area contributed by atoms with Crippen LogP contribution in [0.5, 0.6) is 0 Å². The first-order chi connectivity index (χ1) is 11.3. The number of aliphatic hydroxyl groups excluding tert-OH is 1. The van der Waals surface area contributed by atoms with Gasteiger partial charge in [-0.3, -0.25) is 0 Å². The van der Waals surface area contributed by atoms with Crippen molar-refractivity contribution in [1.82, 2.24) is 0 Å².